The molecule has 0 aliphatic carbocycles. The Morgan fingerprint density at radius 1 is 1.38 bits per heavy atom. The van der Waals surface area contributed by atoms with Crippen molar-refractivity contribution in [3.63, 3.8) is 0 Å². The summed E-state index contributed by atoms with van der Waals surface area (Å²) in [7, 11) is 0.998. The predicted molar refractivity (Wildman–Crippen MR) is 98.1 cm³/mol. The highest BCUT2D eigenvalue weighted by Gasteiger charge is 2.22. The van der Waals surface area contributed by atoms with Crippen LogP contribution in [-0.4, -0.2) is 61.5 Å². The minimum absolute atomic E-state index is 0.125. The molecule has 2 rings (SSSR count). The Morgan fingerprint density at radius 2 is 2.08 bits per heavy atom. The molecule has 140 valence electrons. The molecule has 0 radical (unpaired) electrons. The monoisotopic (exact) mass is 396 g/mol. The highest BCUT2D eigenvalue weighted by Crippen LogP contribution is 2.29. The van der Waals surface area contributed by atoms with Crippen molar-refractivity contribution >= 4 is 38.8 Å². The molecule has 1 heterocycles. The van der Waals surface area contributed by atoms with Crippen molar-refractivity contribution < 1.29 is 17.6 Å². The van der Waals surface area contributed by atoms with Crippen molar-refractivity contribution in [1.29, 1.82) is 5.26 Å². The number of benzene rings is 1. The predicted octanol–water partition coefficient (Wildman–Crippen LogP) is 1.93. The van der Waals surface area contributed by atoms with Gasteiger partial charge in [-0.25, -0.2) is 17.7 Å². The Bertz CT molecular complexity index is 947. The zero-order chi connectivity index (χ0) is 19.5. The van der Waals surface area contributed by atoms with Crippen LogP contribution in [0.5, 0.6) is 0 Å². The molecule has 2 aromatic rings. The Kier molecular flexibility index (Phi) is 6.28. The van der Waals surface area contributed by atoms with Crippen LogP contribution >= 0.6 is 11.8 Å². The van der Waals surface area contributed by atoms with Gasteiger partial charge in [-0.3, -0.25) is 4.79 Å². The number of hydrogen-bond acceptors (Lipinski definition) is 7. The minimum atomic E-state index is -3.56. The van der Waals surface area contributed by atoms with E-state index in [0.717, 1.165) is 16.1 Å². The van der Waals surface area contributed by atoms with E-state index in [4.69, 9.17) is 9.68 Å². The Hall–Kier alpha value is -2.09. The summed E-state index contributed by atoms with van der Waals surface area (Å²) in [5.41, 5.74) is 0.857. The number of sulfonamides is 1. The first-order valence-corrected chi connectivity index (χ1v) is 10.1. The second-order valence-corrected chi connectivity index (χ2v) is 9.27. The summed E-state index contributed by atoms with van der Waals surface area (Å²) in [4.78, 5) is 18.2. The maximum atomic E-state index is 12.3. The van der Waals surface area contributed by atoms with E-state index in [1.807, 2.05) is 6.07 Å². The lowest BCUT2D eigenvalue weighted by molar-refractivity contribution is -0.128. The molecule has 0 bridgehead atoms. The number of fused-ring (bicyclic) bond motifs is 1. The van der Waals surface area contributed by atoms with Crippen molar-refractivity contribution in [2.24, 2.45) is 0 Å². The maximum absolute atomic E-state index is 12.3. The summed E-state index contributed by atoms with van der Waals surface area (Å²) in [6, 6.07) is 6.46. The molecule has 1 amide bonds. The van der Waals surface area contributed by atoms with E-state index < -0.39 is 15.3 Å². The summed E-state index contributed by atoms with van der Waals surface area (Å²) >= 11 is 1.15. The first kappa shape index (κ1) is 20.2. The lowest BCUT2D eigenvalue weighted by atomic mass is 10.3. The van der Waals surface area contributed by atoms with Crippen molar-refractivity contribution in [2.75, 3.05) is 27.7 Å². The Balaban J connectivity index is 2.19. The number of aromatic nitrogens is 1. The van der Waals surface area contributed by atoms with Crippen LogP contribution in [0.2, 0.25) is 0 Å². The number of rotatable bonds is 7. The molecule has 1 atom stereocenters. The molecule has 1 aromatic carbocycles. The second-order valence-electron chi connectivity index (χ2n) is 5.82. The molecular formula is C16H20N4O4S2. The van der Waals surface area contributed by atoms with Gasteiger partial charge in [0.2, 0.25) is 15.9 Å². The molecule has 8 nitrogen and oxygen atoms in total. The average molecular weight is 396 g/mol. The molecule has 0 aliphatic rings. The van der Waals surface area contributed by atoms with Crippen LogP contribution in [0, 0.1) is 11.3 Å². The van der Waals surface area contributed by atoms with E-state index in [1.165, 1.54) is 31.1 Å². The van der Waals surface area contributed by atoms with Gasteiger partial charge in [0, 0.05) is 27.7 Å². The van der Waals surface area contributed by atoms with Gasteiger partial charge in [0.15, 0.2) is 5.58 Å². The van der Waals surface area contributed by atoms with E-state index in [1.54, 1.807) is 20.0 Å². The normalized spacial score (nSPS) is 12.9. The van der Waals surface area contributed by atoms with Crippen molar-refractivity contribution in [1.82, 2.24) is 14.2 Å². The minimum Gasteiger partial charge on any atom is -0.431 e. The fourth-order valence-corrected chi connectivity index (χ4v) is 3.94. The van der Waals surface area contributed by atoms with Crippen molar-refractivity contribution in [2.45, 2.75) is 28.7 Å². The van der Waals surface area contributed by atoms with E-state index in [-0.39, 0.29) is 22.4 Å². The molecule has 0 saturated heterocycles. The number of oxazole rings is 1. The van der Waals surface area contributed by atoms with Gasteiger partial charge in [-0.2, -0.15) is 5.26 Å². The third-order valence-corrected chi connectivity index (χ3v) is 6.42. The smallest absolute Gasteiger partial charge is 0.257 e. The quantitative estimate of drug-likeness (QED) is 0.658. The van der Waals surface area contributed by atoms with Crippen LogP contribution in [0.4, 0.5) is 0 Å². The summed E-state index contributed by atoms with van der Waals surface area (Å²) in [5.74, 6) is -0.136. The molecular weight excluding hydrogens is 376 g/mol. The molecule has 1 aromatic heterocycles. The highest BCUT2D eigenvalue weighted by atomic mass is 32.2. The number of nitrogens with zero attached hydrogens (tertiary/aromatic N) is 4. The largest absolute Gasteiger partial charge is 0.431 e. The fourth-order valence-electron chi connectivity index (χ4n) is 2.15. The summed E-state index contributed by atoms with van der Waals surface area (Å²) in [5, 5.41) is 8.44. The molecule has 0 N–H and O–H groups in total. The molecule has 0 saturated carbocycles. The van der Waals surface area contributed by atoms with E-state index in [0.29, 0.717) is 17.6 Å². The van der Waals surface area contributed by atoms with Crippen molar-refractivity contribution in [3.05, 3.63) is 18.2 Å². The Labute approximate surface area is 156 Å². The van der Waals surface area contributed by atoms with Gasteiger partial charge >= 0.3 is 0 Å². The average Bonchev–Trinajstić information content (AvgIpc) is 2.99. The topological polar surface area (TPSA) is 108 Å². The number of nitriles is 1. The first-order chi connectivity index (χ1) is 12.2. The van der Waals surface area contributed by atoms with Crippen molar-refractivity contribution in [3.8, 4) is 6.07 Å². The third-order valence-electron chi connectivity index (χ3n) is 3.68. The first-order valence-electron chi connectivity index (χ1n) is 7.78. The van der Waals surface area contributed by atoms with Gasteiger partial charge in [-0.05, 0) is 25.1 Å². The maximum Gasteiger partial charge on any atom is 0.257 e. The van der Waals surface area contributed by atoms with Gasteiger partial charge in [0.1, 0.15) is 5.52 Å². The number of hydrogen-bond donors (Lipinski definition) is 0. The van der Waals surface area contributed by atoms with E-state index >= 15 is 0 Å². The third kappa shape index (κ3) is 4.35. The second kappa shape index (κ2) is 8.07. The summed E-state index contributed by atoms with van der Waals surface area (Å²) in [6.45, 7) is 2.09. The molecule has 0 fully saturated rings. The van der Waals surface area contributed by atoms with Gasteiger partial charge in [0.25, 0.3) is 5.22 Å². The number of thioether (sulfide) groups is 1. The number of carbonyl (C=O) groups excluding carboxylic acids is 1. The van der Waals surface area contributed by atoms with Crippen LogP contribution in [-0.2, 0) is 14.8 Å². The van der Waals surface area contributed by atoms with E-state index in [9.17, 15) is 13.2 Å². The zero-order valence-corrected chi connectivity index (χ0v) is 16.6. The standard InChI is InChI=1S/C16H20N4O4S2/c1-11(15(21)20(4)9-5-8-17)25-16-18-13-10-12(6-7-14(13)24-16)26(22,23)19(2)3/h6-7,10-11H,5,9H2,1-4H3/t11-/m1/s1. The number of carbonyl (C=O) groups is 1. The van der Waals surface area contributed by atoms with Gasteiger partial charge < -0.3 is 9.32 Å². The summed E-state index contributed by atoms with van der Waals surface area (Å²) < 4.78 is 31.1. The highest BCUT2D eigenvalue weighted by molar-refractivity contribution is 8.00. The molecule has 0 aliphatic heterocycles. The van der Waals surface area contributed by atoms with Crippen LogP contribution in [0.25, 0.3) is 11.1 Å². The molecule has 0 unspecified atom stereocenters. The van der Waals surface area contributed by atoms with Gasteiger partial charge in [0.05, 0.1) is 22.6 Å². The van der Waals surface area contributed by atoms with Crippen LogP contribution in [0.15, 0.2) is 32.7 Å². The van der Waals surface area contributed by atoms with Gasteiger partial charge in [-0.15, -0.1) is 0 Å². The van der Waals surface area contributed by atoms with E-state index in [2.05, 4.69) is 4.98 Å². The fraction of sp³-hybridized carbons (Fsp3) is 0.438. The lowest BCUT2D eigenvalue weighted by Gasteiger charge is -2.18. The van der Waals surface area contributed by atoms with Crippen LogP contribution in [0.1, 0.15) is 13.3 Å². The zero-order valence-electron chi connectivity index (χ0n) is 15.0. The van der Waals surface area contributed by atoms with Gasteiger partial charge in [-0.1, -0.05) is 11.8 Å². The number of amides is 1. The summed E-state index contributed by atoms with van der Waals surface area (Å²) in [6.07, 6.45) is 0.269. The van der Waals surface area contributed by atoms with Crippen LogP contribution in [0.3, 0.4) is 0 Å². The molecule has 10 heteroatoms. The Morgan fingerprint density at radius 3 is 2.69 bits per heavy atom. The SMILES string of the molecule is C[C@@H](Sc1nc2cc(S(=O)(=O)N(C)C)ccc2o1)C(=O)N(C)CCC#N. The molecule has 26 heavy (non-hydrogen) atoms. The lowest BCUT2D eigenvalue weighted by Crippen LogP contribution is -2.33. The molecule has 0 spiro atoms. The van der Waals surface area contributed by atoms with Crippen LogP contribution < -0.4 is 0 Å².